The maximum atomic E-state index is 10.2. The van der Waals surface area contributed by atoms with Gasteiger partial charge in [-0.05, 0) is 37.0 Å². The zero-order chi connectivity index (χ0) is 11.0. The molecule has 3 rings (SSSR count). The van der Waals surface area contributed by atoms with Gasteiger partial charge in [0.2, 0.25) is 0 Å². The zero-order valence-corrected chi connectivity index (χ0v) is 9.55. The fraction of sp³-hybridized carbons (Fsp3) is 0.846. The third kappa shape index (κ3) is 2.04. The Balaban J connectivity index is 1.46. The molecule has 16 heavy (non-hydrogen) atoms. The van der Waals surface area contributed by atoms with E-state index < -0.39 is 0 Å². The predicted octanol–water partition coefficient (Wildman–Crippen LogP) is 1.71. The van der Waals surface area contributed by atoms with E-state index in [0.717, 1.165) is 18.8 Å². The van der Waals surface area contributed by atoms with Crippen LogP contribution in [0.3, 0.4) is 0 Å². The van der Waals surface area contributed by atoms with Gasteiger partial charge < -0.3 is 14.6 Å². The van der Waals surface area contributed by atoms with Gasteiger partial charge in [0.1, 0.15) is 0 Å². The van der Waals surface area contributed by atoms with Crippen LogP contribution in [0.2, 0.25) is 0 Å². The SMILES string of the molecule is OC(CCC1OCCO1)C1CC2C=CC1C2. The van der Waals surface area contributed by atoms with E-state index in [1.165, 1.54) is 12.8 Å². The Morgan fingerprint density at radius 1 is 1.19 bits per heavy atom. The number of rotatable bonds is 4. The Bertz CT molecular complexity index is 270. The molecule has 1 saturated carbocycles. The molecule has 0 aromatic rings. The molecule has 1 saturated heterocycles. The van der Waals surface area contributed by atoms with Crippen LogP contribution in [0.5, 0.6) is 0 Å². The Morgan fingerprint density at radius 3 is 2.62 bits per heavy atom. The lowest BCUT2D eigenvalue weighted by Gasteiger charge is -2.24. The standard InChI is InChI=1S/C13H20O3/c14-12(3-4-13-15-5-6-16-13)11-8-9-1-2-10(11)7-9/h1-2,9-14H,3-8H2. The average molecular weight is 224 g/mol. The number of aliphatic hydroxyl groups excluding tert-OH is 1. The van der Waals surface area contributed by atoms with Crippen LogP contribution < -0.4 is 0 Å². The molecule has 4 atom stereocenters. The highest BCUT2D eigenvalue weighted by atomic mass is 16.7. The van der Waals surface area contributed by atoms with E-state index in [2.05, 4.69) is 12.2 Å². The molecule has 1 N–H and O–H groups in total. The molecule has 3 heteroatoms. The molecule has 2 fully saturated rings. The molecule has 0 spiro atoms. The van der Waals surface area contributed by atoms with E-state index in [0.29, 0.717) is 25.0 Å². The van der Waals surface area contributed by atoms with Crippen LogP contribution in [0.1, 0.15) is 25.7 Å². The molecule has 0 amide bonds. The van der Waals surface area contributed by atoms with E-state index >= 15 is 0 Å². The molecule has 1 heterocycles. The van der Waals surface area contributed by atoms with E-state index in [9.17, 15) is 5.11 Å². The number of ether oxygens (including phenoxy) is 2. The van der Waals surface area contributed by atoms with E-state index in [1.807, 2.05) is 0 Å². The molecular formula is C13H20O3. The van der Waals surface area contributed by atoms with Gasteiger partial charge in [-0.1, -0.05) is 12.2 Å². The highest BCUT2D eigenvalue weighted by molar-refractivity contribution is 5.11. The van der Waals surface area contributed by atoms with Gasteiger partial charge in [0.05, 0.1) is 19.3 Å². The summed E-state index contributed by atoms with van der Waals surface area (Å²) in [6.07, 6.45) is 8.45. The summed E-state index contributed by atoms with van der Waals surface area (Å²) < 4.78 is 10.8. The van der Waals surface area contributed by atoms with Crippen LogP contribution in [0.4, 0.5) is 0 Å². The highest BCUT2D eigenvalue weighted by Crippen LogP contribution is 2.45. The summed E-state index contributed by atoms with van der Waals surface area (Å²) in [5.74, 6) is 1.85. The van der Waals surface area contributed by atoms with Gasteiger partial charge in [-0.25, -0.2) is 0 Å². The molecule has 4 unspecified atom stereocenters. The Labute approximate surface area is 96.4 Å². The number of hydrogen-bond acceptors (Lipinski definition) is 3. The second-order valence-corrected chi connectivity index (χ2v) is 5.26. The first kappa shape index (κ1) is 10.8. The fourth-order valence-electron chi connectivity index (χ4n) is 3.36. The Morgan fingerprint density at radius 2 is 2.00 bits per heavy atom. The first-order valence-corrected chi connectivity index (χ1v) is 6.42. The van der Waals surface area contributed by atoms with Crippen LogP contribution >= 0.6 is 0 Å². The van der Waals surface area contributed by atoms with Crippen molar-refractivity contribution in [1.29, 1.82) is 0 Å². The van der Waals surface area contributed by atoms with Crippen molar-refractivity contribution in [1.82, 2.24) is 0 Å². The number of hydrogen-bond donors (Lipinski definition) is 1. The second-order valence-electron chi connectivity index (χ2n) is 5.26. The monoisotopic (exact) mass is 224 g/mol. The lowest BCUT2D eigenvalue weighted by molar-refractivity contribution is -0.0579. The van der Waals surface area contributed by atoms with Crippen LogP contribution in [0.25, 0.3) is 0 Å². The molecule has 90 valence electrons. The van der Waals surface area contributed by atoms with Gasteiger partial charge in [0, 0.05) is 6.42 Å². The Hall–Kier alpha value is -0.380. The minimum Gasteiger partial charge on any atom is -0.393 e. The summed E-state index contributed by atoms with van der Waals surface area (Å²) in [6, 6.07) is 0. The van der Waals surface area contributed by atoms with Crippen molar-refractivity contribution in [2.24, 2.45) is 17.8 Å². The maximum absolute atomic E-state index is 10.2. The van der Waals surface area contributed by atoms with Crippen molar-refractivity contribution in [3.8, 4) is 0 Å². The van der Waals surface area contributed by atoms with Crippen LogP contribution in [0, 0.1) is 17.8 Å². The molecule has 0 aromatic heterocycles. The number of allylic oxidation sites excluding steroid dienone is 2. The summed E-state index contributed by atoms with van der Waals surface area (Å²) in [5.41, 5.74) is 0. The summed E-state index contributed by atoms with van der Waals surface area (Å²) in [6.45, 7) is 1.41. The second kappa shape index (κ2) is 4.47. The van der Waals surface area contributed by atoms with Crippen molar-refractivity contribution >= 4 is 0 Å². The van der Waals surface area contributed by atoms with Crippen molar-refractivity contribution in [2.45, 2.75) is 38.1 Å². The van der Waals surface area contributed by atoms with Crippen molar-refractivity contribution in [3.05, 3.63) is 12.2 Å². The molecule has 3 nitrogen and oxygen atoms in total. The van der Waals surface area contributed by atoms with Gasteiger partial charge in [-0.15, -0.1) is 0 Å². The lowest BCUT2D eigenvalue weighted by atomic mass is 9.86. The smallest absolute Gasteiger partial charge is 0.157 e. The van der Waals surface area contributed by atoms with Crippen molar-refractivity contribution in [2.75, 3.05) is 13.2 Å². The summed E-state index contributed by atoms with van der Waals surface area (Å²) in [7, 11) is 0. The lowest BCUT2D eigenvalue weighted by Crippen LogP contribution is -2.25. The van der Waals surface area contributed by atoms with Crippen molar-refractivity contribution in [3.63, 3.8) is 0 Å². The van der Waals surface area contributed by atoms with Gasteiger partial charge >= 0.3 is 0 Å². The predicted molar refractivity (Wildman–Crippen MR) is 59.8 cm³/mol. The minimum absolute atomic E-state index is 0.0659. The summed E-state index contributed by atoms with van der Waals surface area (Å²) in [5, 5.41) is 10.2. The van der Waals surface area contributed by atoms with Gasteiger partial charge in [0.15, 0.2) is 6.29 Å². The fourth-order valence-corrected chi connectivity index (χ4v) is 3.36. The molecule has 1 aliphatic heterocycles. The zero-order valence-electron chi connectivity index (χ0n) is 9.55. The average Bonchev–Trinajstić information content (AvgIpc) is 3.01. The first-order valence-electron chi connectivity index (χ1n) is 6.42. The molecule has 3 aliphatic rings. The summed E-state index contributed by atoms with van der Waals surface area (Å²) in [4.78, 5) is 0. The first-order chi connectivity index (χ1) is 7.83. The normalized spacial score (nSPS) is 39.7. The number of aliphatic hydroxyl groups is 1. The van der Waals surface area contributed by atoms with Gasteiger partial charge in [-0.2, -0.15) is 0 Å². The Kier molecular flexibility index (Phi) is 3.01. The van der Waals surface area contributed by atoms with Crippen LogP contribution in [-0.4, -0.2) is 30.7 Å². The summed E-state index contributed by atoms with van der Waals surface area (Å²) >= 11 is 0. The van der Waals surface area contributed by atoms with Crippen molar-refractivity contribution < 1.29 is 14.6 Å². The molecule has 0 radical (unpaired) electrons. The van der Waals surface area contributed by atoms with Gasteiger partial charge in [0.25, 0.3) is 0 Å². The van der Waals surface area contributed by atoms with Crippen LogP contribution in [0.15, 0.2) is 12.2 Å². The van der Waals surface area contributed by atoms with E-state index in [4.69, 9.17) is 9.47 Å². The molecule has 2 bridgehead atoms. The maximum Gasteiger partial charge on any atom is 0.157 e. The largest absolute Gasteiger partial charge is 0.393 e. The third-order valence-corrected chi connectivity index (χ3v) is 4.21. The van der Waals surface area contributed by atoms with Gasteiger partial charge in [-0.3, -0.25) is 0 Å². The van der Waals surface area contributed by atoms with E-state index in [1.54, 1.807) is 0 Å². The molecule has 0 aromatic carbocycles. The number of fused-ring (bicyclic) bond motifs is 2. The topological polar surface area (TPSA) is 38.7 Å². The van der Waals surface area contributed by atoms with E-state index in [-0.39, 0.29) is 12.4 Å². The molecule has 2 aliphatic carbocycles. The minimum atomic E-state index is -0.173. The highest BCUT2D eigenvalue weighted by Gasteiger charge is 2.39. The third-order valence-electron chi connectivity index (χ3n) is 4.21. The van der Waals surface area contributed by atoms with Crippen LogP contribution in [-0.2, 0) is 9.47 Å². The molecular weight excluding hydrogens is 204 g/mol. The quantitative estimate of drug-likeness (QED) is 0.739.